The van der Waals surface area contributed by atoms with Crippen LogP contribution in [0.2, 0.25) is 0 Å². The summed E-state index contributed by atoms with van der Waals surface area (Å²) in [4.78, 5) is 18.3. The lowest BCUT2D eigenvalue weighted by molar-refractivity contribution is -0.383. The minimum atomic E-state index is -0.584. The van der Waals surface area contributed by atoms with Crippen LogP contribution in [0.4, 0.5) is 11.5 Å². The van der Waals surface area contributed by atoms with E-state index in [0.29, 0.717) is 11.3 Å². The van der Waals surface area contributed by atoms with Gasteiger partial charge in [-0.3, -0.25) is 10.1 Å². The number of nitrogens with two attached hydrogens (primary N) is 1. The second-order valence-corrected chi connectivity index (χ2v) is 4.30. The van der Waals surface area contributed by atoms with Crippen molar-refractivity contribution in [2.45, 2.75) is 13.8 Å². The summed E-state index contributed by atoms with van der Waals surface area (Å²) in [5, 5.41) is 11.2. The predicted molar refractivity (Wildman–Crippen MR) is 74.6 cm³/mol. The van der Waals surface area contributed by atoms with Gasteiger partial charge in [-0.2, -0.15) is 0 Å². The van der Waals surface area contributed by atoms with Crippen molar-refractivity contribution in [1.82, 2.24) is 9.97 Å². The van der Waals surface area contributed by atoms with Gasteiger partial charge in [0.25, 0.3) is 0 Å². The molecule has 0 atom stereocenters. The Kier molecular flexibility index (Phi) is 3.51. The average molecular weight is 274 g/mol. The SMILES string of the molecule is COc1c(-c2ncnc(N)c2[N+](=O)[O-])ccc(C)c1C. The van der Waals surface area contributed by atoms with Gasteiger partial charge in [0.2, 0.25) is 5.82 Å². The lowest BCUT2D eigenvalue weighted by Gasteiger charge is -2.13. The van der Waals surface area contributed by atoms with Crippen molar-refractivity contribution in [3.8, 4) is 17.0 Å². The number of nitrogens with zero attached hydrogens (tertiary/aromatic N) is 3. The fourth-order valence-electron chi connectivity index (χ4n) is 2.01. The average Bonchev–Trinajstić information content (AvgIpc) is 2.41. The van der Waals surface area contributed by atoms with E-state index in [1.54, 1.807) is 6.07 Å². The maximum Gasteiger partial charge on any atom is 0.337 e. The van der Waals surface area contributed by atoms with E-state index < -0.39 is 4.92 Å². The van der Waals surface area contributed by atoms with Crippen LogP contribution < -0.4 is 10.5 Å². The van der Waals surface area contributed by atoms with Gasteiger partial charge in [0.15, 0.2) is 5.69 Å². The molecule has 0 saturated carbocycles. The lowest BCUT2D eigenvalue weighted by atomic mass is 10.0. The summed E-state index contributed by atoms with van der Waals surface area (Å²) in [7, 11) is 1.52. The summed E-state index contributed by atoms with van der Waals surface area (Å²) >= 11 is 0. The van der Waals surface area contributed by atoms with Gasteiger partial charge in [-0.05, 0) is 31.0 Å². The van der Waals surface area contributed by atoms with E-state index in [1.807, 2.05) is 19.9 Å². The van der Waals surface area contributed by atoms with Crippen molar-refractivity contribution in [3.63, 3.8) is 0 Å². The Labute approximate surface area is 115 Å². The van der Waals surface area contributed by atoms with E-state index in [9.17, 15) is 10.1 Å². The summed E-state index contributed by atoms with van der Waals surface area (Å²) in [6.45, 7) is 3.82. The summed E-state index contributed by atoms with van der Waals surface area (Å²) in [5.41, 5.74) is 7.88. The standard InChI is InChI=1S/C13H14N4O3/c1-7-4-5-9(12(20-3)8(7)2)10-11(17(18)19)13(14)16-6-15-10/h4-6H,1-3H3,(H2,14,15,16). The first kappa shape index (κ1) is 13.7. The molecular weight excluding hydrogens is 260 g/mol. The van der Waals surface area contributed by atoms with Crippen molar-refractivity contribution in [1.29, 1.82) is 0 Å². The minimum Gasteiger partial charge on any atom is -0.496 e. The number of benzene rings is 1. The number of methoxy groups -OCH3 is 1. The first-order valence-corrected chi connectivity index (χ1v) is 5.86. The van der Waals surface area contributed by atoms with E-state index in [2.05, 4.69) is 9.97 Å². The zero-order chi connectivity index (χ0) is 14.9. The number of aromatic nitrogens is 2. The highest BCUT2D eigenvalue weighted by molar-refractivity contribution is 5.80. The van der Waals surface area contributed by atoms with Gasteiger partial charge >= 0.3 is 5.69 Å². The smallest absolute Gasteiger partial charge is 0.337 e. The molecular formula is C13H14N4O3. The second kappa shape index (κ2) is 5.12. The number of nitro groups is 1. The molecule has 0 aliphatic rings. The van der Waals surface area contributed by atoms with Crippen LogP contribution in [0.1, 0.15) is 11.1 Å². The third-order valence-electron chi connectivity index (χ3n) is 3.17. The molecule has 7 heteroatoms. The monoisotopic (exact) mass is 274 g/mol. The number of anilines is 1. The maximum atomic E-state index is 11.2. The first-order valence-electron chi connectivity index (χ1n) is 5.86. The molecule has 104 valence electrons. The third kappa shape index (κ3) is 2.13. The molecule has 1 heterocycles. The van der Waals surface area contributed by atoms with E-state index in [-0.39, 0.29) is 17.2 Å². The van der Waals surface area contributed by atoms with Crippen LogP contribution in [0.5, 0.6) is 5.75 Å². The molecule has 1 aromatic carbocycles. The molecule has 2 N–H and O–H groups in total. The van der Waals surface area contributed by atoms with Gasteiger partial charge in [-0.25, -0.2) is 9.97 Å². The van der Waals surface area contributed by atoms with Crippen LogP contribution in [0.15, 0.2) is 18.5 Å². The van der Waals surface area contributed by atoms with Crippen LogP contribution in [-0.4, -0.2) is 22.0 Å². The van der Waals surface area contributed by atoms with Crippen molar-refractivity contribution >= 4 is 11.5 Å². The molecule has 0 unspecified atom stereocenters. The largest absolute Gasteiger partial charge is 0.496 e. The zero-order valence-electron chi connectivity index (χ0n) is 11.4. The Hall–Kier alpha value is -2.70. The molecule has 0 bridgehead atoms. The Morgan fingerprint density at radius 2 is 2.00 bits per heavy atom. The molecule has 0 saturated heterocycles. The van der Waals surface area contributed by atoms with Crippen LogP contribution in [-0.2, 0) is 0 Å². The molecule has 7 nitrogen and oxygen atoms in total. The summed E-state index contributed by atoms with van der Waals surface area (Å²) in [6, 6.07) is 3.59. The number of ether oxygens (including phenoxy) is 1. The van der Waals surface area contributed by atoms with Gasteiger partial charge in [-0.15, -0.1) is 0 Å². The fourth-order valence-corrected chi connectivity index (χ4v) is 2.01. The van der Waals surface area contributed by atoms with E-state index in [1.165, 1.54) is 13.4 Å². The fraction of sp³-hybridized carbons (Fsp3) is 0.231. The summed E-state index contributed by atoms with van der Waals surface area (Å²) in [6.07, 6.45) is 1.20. The molecule has 2 rings (SSSR count). The quantitative estimate of drug-likeness (QED) is 0.680. The number of aryl methyl sites for hydroxylation is 1. The number of hydrogen-bond donors (Lipinski definition) is 1. The third-order valence-corrected chi connectivity index (χ3v) is 3.17. The predicted octanol–water partition coefficient (Wildman–Crippen LogP) is 2.26. The molecule has 0 fully saturated rings. The molecule has 0 radical (unpaired) electrons. The highest BCUT2D eigenvalue weighted by Gasteiger charge is 2.25. The van der Waals surface area contributed by atoms with Crippen LogP contribution in [0.3, 0.4) is 0 Å². The normalized spacial score (nSPS) is 10.3. The van der Waals surface area contributed by atoms with Gasteiger partial charge in [0.1, 0.15) is 12.1 Å². The molecule has 0 amide bonds. The van der Waals surface area contributed by atoms with Crippen molar-refractivity contribution in [2.24, 2.45) is 0 Å². The van der Waals surface area contributed by atoms with Crippen molar-refractivity contribution < 1.29 is 9.66 Å². The molecule has 1 aromatic heterocycles. The van der Waals surface area contributed by atoms with Crippen LogP contribution in [0.25, 0.3) is 11.3 Å². The molecule has 20 heavy (non-hydrogen) atoms. The van der Waals surface area contributed by atoms with Crippen LogP contribution >= 0.6 is 0 Å². The van der Waals surface area contributed by atoms with Crippen molar-refractivity contribution in [3.05, 3.63) is 39.7 Å². The van der Waals surface area contributed by atoms with Gasteiger partial charge in [0, 0.05) is 5.56 Å². The van der Waals surface area contributed by atoms with Crippen molar-refractivity contribution in [2.75, 3.05) is 12.8 Å². The number of nitrogen functional groups attached to an aromatic ring is 1. The Balaban J connectivity index is 2.79. The highest BCUT2D eigenvalue weighted by Crippen LogP contribution is 2.39. The van der Waals surface area contributed by atoms with E-state index in [4.69, 9.17) is 10.5 Å². The van der Waals surface area contributed by atoms with Crippen LogP contribution in [0, 0.1) is 24.0 Å². The minimum absolute atomic E-state index is 0.155. The molecule has 0 aliphatic carbocycles. The Bertz CT molecular complexity index is 686. The topological polar surface area (TPSA) is 104 Å². The molecule has 0 spiro atoms. The lowest BCUT2D eigenvalue weighted by Crippen LogP contribution is -2.04. The number of hydrogen-bond acceptors (Lipinski definition) is 6. The summed E-state index contributed by atoms with van der Waals surface area (Å²) in [5.74, 6) is 0.381. The molecule has 0 aliphatic heterocycles. The Morgan fingerprint density at radius 1 is 1.30 bits per heavy atom. The summed E-state index contributed by atoms with van der Waals surface area (Å²) < 4.78 is 5.36. The Morgan fingerprint density at radius 3 is 2.60 bits per heavy atom. The van der Waals surface area contributed by atoms with E-state index >= 15 is 0 Å². The number of rotatable bonds is 3. The zero-order valence-corrected chi connectivity index (χ0v) is 11.4. The van der Waals surface area contributed by atoms with Gasteiger partial charge < -0.3 is 10.5 Å². The first-order chi connectivity index (χ1) is 9.47. The second-order valence-electron chi connectivity index (χ2n) is 4.30. The van der Waals surface area contributed by atoms with Gasteiger partial charge in [-0.1, -0.05) is 6.07 Å². The molecule has 2 aromatic rings. The highest BCUT2D eigenvalue weighted by atomic mass is 16.6. The van der Waals surface area contributed by atoms with E-state index in [0.717, 1.165) is 11.1 Å². The van der Waals surface area contributed by atoms with Gasteiger partial charge in [0.05, 0.1) is 12.0 Å². The maximum absolute atomic E-state index is 11.2.